The molecule has 0 radical (unpaired) electrons. The van der Waals surface area contributed by atoms with Crippen molar-refractivity contribution in [3.8, 4) is 0 Å². The molecular weight excluding hydrogens is 300 g/mol. The van der Waals surface area contributed by atoms with Crippen molar-refractivity contribution in [1.82, 2.24) is 10.2 Å². The SMILES string of the molecule is CN(Cc1cccc(CNC2CC2)c1)Cc1ccc(Cl)s1. The fourth-order valence-electron chi connectivity index (χ4n) is 2.46. The van der Waals surface area contributed by atoms with E-state index in [2.05, 4.69) is 47.6 Å². The summed E-state index contributed by atoms with van der Waals surface area (Å²) in [7, 11) is 2.16. The number of rotatable bonds is 7. The van der Waals surface area contributed by atoms with Gasteiger partial charge < -0.3 is 5.32 Å². The van der Waals surface area contributed by atoms with Crippen molar-refractivity contribution in [3.63, 3.8) is 0 Å². The van der Waals surface area contributed by atoms with Crippen LogP contribution in [0.3, 0.4) is 0 Å². The minimum absolute atomic E-state index is 0.764. The summed E-state index contributed by atoms with van der Waals surface area (Å²) in [6.45, 7) is 2.90. The Labute approximate surface area is 135 Å². The Kier molecular flexibility index (Phi) is 4.96. The van der Waals surface area contributed by atoms with Gasteiger partial charge in [0.2, 0.25) is 0 Å². The molecule has 1 aliphatic carbocycles. The van der Waals surface area contributed by atoms with Gasteiger partial charge in [0.1, 0.15) is 0 Å². The van der Waals surface area contributed by atoms with Crippen molar-refractivity contribution in [2.24, 2.45) is 0 Å². The number of nitrogens with one attached hydrogen (secondary N) is 1. The normalized spacial score (nSPS) is 14.8. The zero-order chi connectivity index (χ0) is 14.7. The second-order valence-electron chi connectivity index (χ2n) is 5.85. The predicted molar refractivity (Wildman–Crippen MR) is 90.8 cm³/mol. The Morgan fingerprint density at radius 2 is 2.00 bits per heavy atom. The van der Waals surface area contributed by atoms with Crippen LogP contribution in [0.25, 0.3) is 0 Å². The third kappa shape index (κ3) is 4.82. The monoisotopic (exact) mass is 320 g/mol. The second kappa shape index (κ2) is 6.93. The molecule has 0 saturated heterocycles. The van der Waals surface area contributed by atoms with Crippen molar-refractivity contribution in [3.05, 3.63) is 56.7 Å². The molecule has 1 aliphatic rings. The van der Waals surface area contributed by atoms with Gasteiger partial charge in [-0.2, -0.15) is 0 Å². The van der Waals surface area contributed by atoms with Crippen LogP contribution in [0.5, 0.6) is 0 Å². The van der Waals surface area contributed by atoms with Crippen molar-refractivity contribution >= 4 is 22.9 Å². The molecule has 0 atom stereocenters. The molecule has 1 aromatic carbocycles. The quantitative estimate of drug-likeness (QED) is 0.819. The summed E-state index contributed by atoms with van der Waals surface area (Å²) in [6.07, 6.45) is 2.68. The largest absolute Gasteiger partial charge is 0.310 e. The van der Waals surface area contributed by atoms with E-state index in [0.717, 1.165) is 30.0 Å². The minimum Gasteiger partial charge on any atom is -0.310 e. The molecule has 112 valence electrons. The van der Waals surface area contributed by atoms with Gasteiger partial charge in [-0.1, -0.05) is 35.9 Å². The first-order valence-corrected chi connectivity index (χ1v) is 8.62. The van der Waals surface area contributed by atoms with E-state index in [9.17, 15) is 0 Å². The Morgan fingerprint density at radius 3 is 2.71 bits per heavy atom. The molecule has 21 heavy (non-hydrogen) atoms. The molecule has 4 heteroatoms. The van der Waals surface area contributed by atoms with Crippen LogP contribution < -0.4 is 5.32 Å². The summed E-state index contributed by atoms with van der Waals surface area (Å²) in [6, 6.07) is 13.7. The van der Waals surface area contributed by atoms with E-state index in [-0.39, 0.29) is 0 Å². The molecule has 1 heterocycles. The first-order valence-electron chi connectivity index (χ1n) is 7.43. The Bertz CT molecular complexity index is 592. The highest BCUT2D eigenvalue weighted by molar-refractivity contribution is 7.16. The van der Waals surface area contributed by atoms with Crippen molar-refractivity contribution < 1.29 is 0 Å². The van der Waals surface area contributed by atoms with Gasteiger partial charge in [-0.15, -0.1) is 11.3 Å². The molecule has 0 aliphatic heterocycles. The van der Waals surface area contributed by atoms with Crippen molar-refractivity contribution in [2.75, 3.05) is 7.05 Å². The average Bonchev–Trinajstić information content (AvgIpc) is 3.20. The van der Waals surface area contributed by atoms with E-state index in [1.165, 1.54) is 28.8 Å². The van der Waals surface area contributed by atoms with Crippen molar-refractivity contribution in [1.29, 1.82) is 0 Å². The van der Waals surface area contributed by atoms with Crippen LogP contribution in [0.15, 0.2) is 36.4 Å². The molecule has 1 N–H and O–H groups in total. The molecule has 2 nitrogen and oxygen atoms in total. The summed E-state index contributed by atoms with van der Waals surface area (Å²) in [4.78, 5) is 3.64. The summed E-state index contributed by atoms with van der Waals surface area (Å²) in [5.41, 5.74) is 2.75. The number of hydrogen-bond donors (Lipinski definition) is 1. The third-order valence-corrected chi connectivity index (χ3v) is 4.89. The van der Waals surface area contributed by atoms with Gasteiger partial charge in [-0.05, 0) is 43.1 Å². The molecule has 1 saturated carbocycles. The predicted octanol–water partition coefficient (Wildman–Crippen LogP) is 4.29. The first kappa shape index (κ1) is 15.0. The fourth-order valence-corrected chi connectivity index (χ4v) is 3.63. The van der Waals surface area contributed by atoms with E-state index >= 15 is 0 Å². The molecule has 0 unspecified atom stereocenters. The molecule has 0 spiro atoms. The lowest BCUT2D eigenvalue weighted by molar-refractivity contribution is 0.322. The molecule has 2 aromatic rings. The number of thiophene rings is 1. The second-order valence-corrected chi connectivity index (χ2v) is 7.65. The van der Waals surface area contributed by atoms with Gasteiger partial charge in [0.15, 0.2) is 0 Å². The maximum absolute atomic E-state index is 5.98. The number of halogens is 1. The Morgan fingerprint density at radius 1 is 1.19 bits per heavy atom. The van der Waals surface area contributed by atoms with E-state index in [1.54, 1.807) is 11.3 Å². The van der Waals surface area contributed by atoms with Crippen LogP contribution in [0.1, 0.15) is 28.8 Å². The highest BCUT2D eigenvalue weighted by atomic mass is 35.5. The zero-order valence-corrected chi connectivity index (χ0v) is 13.9. The molecule has 0 amide bonds. The summed E-state index contributed by atoms with van der Waals surface area (Å²) >= 11 is 7.65. The molecule has 0 bridgehead atoms. The van der Waals surface area contributed by atoms with E-state index in [1.807, 2.05) is 6.07 Å². The lowest BCUT2D eigenvalue weighted by Gasteiger charge is -2.16. The van der Waals surface area contributed by atoms with Gasteiger partial charge in [-0.3, -0.25) is 4.90 Å². The maximum atomic E-state index is 5.98. The van der Waals surface area contributed by atoms with Crippen LogP contribution in [-0.4, -0.2) is 18.0 Å². The van der Waals surface area contributed by atoms with E-state index in [0.29, 0.717) is 0 Å². The smallest absolute Gasteiger partial charge is 0.0931 e. The van der Waals surface area contributed by atoms with Gasteiger partial charge in [0.25, 0.3) is 0 Å². The number of hydrogen-bond acceptors (Lipinski definition) is 3. The average molecular weight is 321 g/mol. The highest BCUT2D eigenvalue weighted by Gasteiger charge is 2.19. The minimum atomic E-state index is 0.764. The van der Waals surface area contributed by atoms with E-state index < -0.39 is 0 Å². The number of nitrogens with zero attached hydrogens (tertiary/aromatic N) is 1. The number of benzene rings is 1. The maximum Gasteiger partial charge on any atom is 0.0931 e. The molecule has 3 rings (SSSR count). The Balaban J connectivity index is 1.54. The van der Waals surface area contributed by atoms with Crippen LogP contribution >= 0.6 is 22.9 Å². The topological polar surface area (TPSA) is 15.3 Å². The van der Waals surface area contributed by atoms with Crippen LogP contribution in [0.2, 0.25) is 4.34 Å². The summed E-state index contributed by atoms with van der Waals surface area (Å²) < 4.78 is 0.867. The lowest BCUT2D eigenvalue weighted by atomic mass is 10.1. The highest BCUT2D eigenvalue weighted by Crippen LogP contribution is 2.23. The van der Waals surface area contributed by atoms with Gasteiger partial charge in [0.05, 0.1) is 4.34 Å². The summed E-state index contributed by atoms with van der Waals surface area (Å²) in [5, 5.41) is 3.57. The van der Waals surface area contributed by atoms with Crippen LogP contribution in [0, 0.1) is 0 Å². The van der Waals surface area contributed by atoms with Gasteiger partial charge in [0, 0.05) is 30.6 Å². The molecule has 1 aromatic heterocycles. The third-order valence-electron chi connectivity index (χ3n) is 3.67. The summed E-state index contributed by atoms with van der Waals surface area (Å²) in [5.74, 6) is 0. The van der Waals surface area contributed by atoms with Gasteiger partial charge >= 0.3 is 0 Å². The zero-order valence-electron chi connectivity index (χ0n) is 12.3. The molecular formula is C17H21ClN2S. The van der Waals surface area contributed by atoms with Crippen LogP contribution in [0.4, 0.5) is 0 Å². The lowest BCUT2D eigenvalue weighted by Crippen LogP contribution is -2.18. The molecule has 1 fully saturated rings. The van der Waals surface area contributed by atoms with Crippen LogP contribution in [-0.2, 0) is 19.6 Å². The van der Waals surface area contributed by atoms with Crippen molar-refractivity contribution in [2.45, 2.75) is 38.5 Å². The fraction of sp³-hybridized carbons (Fsp3) is 0.412. The standard InChI is InChI=1S/C17H21ClN2S/c1-20(12-16-7-8-17(18)21-16)11-14-4-2-3-13(9-14)10-19-15-5-6-15/h2-4,7-9,15,19H,5-6,10-12H2,1H3. The van der Waals surface area contributed by atoms with E-state index in [4.69, 9.17) is 11.6 Å². The van der Waals surface area contributed by atoms with Gasteiger partial charge in [-0.25, -0.2) is 0 Å². The first-order chi connectivity index (χ1) is 10.2. The Hall–Kier alpha value is -0.870.